The molecule has 5 heteroatoms. The standard InChI is InChI=1S/C18H21NO4/c1-19-8-7-17-14-10-3-4-12(22-2)15(14)23-16(17)11(20)5-6-18(17,21)13(19)9-10/h3-4,13,16,21H,5-9H2,1-2H3/t13?,16-,17?,18?/m0/s1. The van der Waals surface area contributed by atoms with Crippen molar-refractivity contribution in [1.29, 1.82) is 0 Å². The highest BCUT2D eigenvalue weighted by Crippen LogP contribution is 2.64. The van der Waals surface area contributed by atoms with Crippen molar-refractivity contribution >= 4 is 5.78 Å². The SMILES string of the molecule is COc1ccc2c3c1O[C@H]1C(=O)CCC4(O)C(C2)N(C)CCC314. The number of benzene rings is 1. The van der Waals surface area contributed by atoms with Crippen LogP contribution in [-0.4, -0.2) is 54.2 Å². The Labute approximate surface area is 135 Å². The van der Waals surface area contributed by atoms with E-state index in [1.54, 1.807) is 7.11 Å². The molecule has 1 spiro atoms. The van der Waals surface area contributed by atoms with Gasteiger partial charge in [0.05, 0.1) is 18.1 Å². The molecular formula is C18H21NO4. The maximum absolute atomic E-state index is 12.7. The van der Waals surface area contributed by atoms with Gasteiger partial charge in [-0.2, -0.15) is 0 Å². The molecule has 0 aromatic heterocycles. The number of carbonyl (C=O) groups excluding carboxylic acids is 1. The monoisotopic (exact) mass is 315 g/mol. The number of hydrogen-bond acceptors (Lipinski definition) is 5. The molecule has 5 nitrogen and oxygen atoms in total. The first-order chi connectivity index (χ1) is 11.0. The van der Waals surface area contributed by atoms with Gasteiger partial charge in [0.1, 0.15) is 0 Å². The van der Waals surface area contributed by atoms with Crippen LogP contribution in [0.3, 0.4) is 0 Å². The minimum Gasteiger partial charge on any atom is -0.493 e. The second-order valence-electron chi connectivity index (χ2n) is 7.44. The predicted molar refractivity (Wildman–Crippen MR) is 83.0 cm³/mol. The van der Waals surface area contributed by atoms with Gasteiger partial charge in [-0.05, 0) is 44.5 Å². The number of carbonyl (C=O) groups is 1. The third-order valence-corrected chi connectivity index (χ3v) is 6.73. The van der Waals surface area contributed by atoms with E-state index in [0.29, 0.717) is 24.3 Å². The minimum absolute atomic E-state index is 0.0438. The fourth-order valence-corrected chi connectivity index (χ4v) is 5.69. The van der Waals surface area contributed by atoms with E-state index >= 15 is 0 Å². The molecule has 2 bridgehead atoms. The molecule has 5 rings (SSSR count). The Morgan fingerprint density at radius 3 is 3.00 bits per heavy atom. The number of Topliss-reactive ketones (excluding diaryl/α,β-unsaturated/α-hetero) is 1. The van der Waals surface area contributed by atoms with Gasteiger partial charge in [0, 0.05) is 18.0 Å². The van der Waals surface area contributed by atoms with Crippen LogP contribution in [0.5, 0.6) is 11.5 Å². The molecule has 0 radical (unpaired) electrons. The zero-order chi connectivity index (χ0) is 16.0. The van der Waals surface area contributed by atoms with Crippen LogP contribution in [0.25, 0.3) is 0 Å². The maximum atomic E-state index is 12.7. The molecule has 2 aliphatic heterocycles. The van der Waals surface area contributed by atoms with Crippen LogP contribution >= 0.6 is 0 Å². The van der Waals surface area contributed by atoms with Gasteiger partial charge in [-0.1, -0.05) is 6.07 Å². The van der Waals surface area contributed by atoms with Crippen LogP contribution in [0, 0.1) is 0 Å². The van der Waals surface area contributed by atoms with E-state index in [9.17, 15) is 9.90 Å². The van der Waals surface area contributed by atoms with Gasteiger partial charge in [0.25, 0.3) is 0 Å². The lowest BCUT2D eigenvalue weighted by Crippen LogP contribution is -2.76. The van der Waals surface area contributed by atoms with Crippen molar-refractivity contribution in [3.05, 3.63) is 23.3 Å². The van der Waals surface area contributed by atoms with E-state index in [2.05, 4.69) is 18.0 Å². The summed E-state index contributed by atoms with van der Waals surface area (Å²) < 4.78 is 11.6. The molecule has 3 unspecified atom stereocenters. The van der Waals surface area contributed by atoms with Crippen molar-refractivity contribution < 1.29 is 19.4 Å². The predicted octanol–water partition coefficient (Wildman–Crippen LogP) is 1.05. The number of ether oxygens (including phenoxy) is 2. The molecule has 2 heterocycles. The molecule has 1 N–H and O–H groups in total. The fourth-order valence-electron chi connectivity index (χ4n) is 5.69. The zero-order valence-corrected chi connectivity index (χ0v) is 13.5. The molecular weight excluding hydrogens is 294 g/mol. The lowest BCUT2D eigenvalue weighted by Gasteiger charge is -2.62. The molecule has 4 aliphatic rings. The third-order valence-electron chi connectivity index (χ3n) is 6.73. The Morgan fingerprint density at radius 2 is 2.22 bits per heavy atom. The number of rotatable bonds is 1. The molecule has 1 saturated heterocycles. The molecule has 4 atom stereocenters. The van der Waals surface area contributed by atoms with Crippen LogP contribution in [0.2, 0.25) is 0 Å². The quantitative estimate of drug-likeness (QED) is 0.839. The van der Waals surface area contributed by atoms with Gasteiger partial charge < -0.3 is 19.5 Å². The average molecular weight is 315 g/mol. The van der Waals surface area contributed by atoms with Gasteiger partial charge >= 0.3 is 0 Å². The number of aliphatic hydroxyl groups is 1. The topological polar surface area (TPSA) is 59.0 Å². The smallest absolute Gasteiger partial charge is 0.174 e. The maximum Gasteiger partial charge on any atom is 0.174 e. The van der Waals surface area contributed by atoms with Crippen molar-refractivity contribution in [2.75, 3.05) is 20.7 Å². The number of likely N-dealkylation sites (tertiary alicyclic amines) is 1. The molecule has 1 aromatic carbocycles. The summed E-state index contributed by atoms with van der Waals surface area (Å²) >= 11 is 0. The Hall–Kier alpha value is -1.59. The van der Waals surface area contributed by atoms with E-state index in [1.165, 1.54) is 5.56 Å². The van der Waals surface area contributed by atoms with Crippen LogP contribution in [-0.2, 0) is 16.6 Å². The normalized spacial score (nSPS) is 40.6. The van der Waals surface area contributed by atoms with Gasteiger partial charge in [-0.15, -0.1) is 0 Å². The summed E-state index contributed by atoms with van der Waals surface area (Å²) in [6.07, 6.45) is 1.89. The summed E-state index contributed by atoms with van der Waals surface area (Å²) in [7, 11) is 3.70. The third kappa shape index (κ3) is 1.32. The average Bonchev–Trinajstić information content (AvgIpc) is 2.90. The number of ketones is 1. The first-order valence-electron chi connectivity index (χ1n) is 8.35. The van der Waals surface area contributed by atoms with E-state index < -0.39 is 17.1 Å². The van der Waals surface area contributed by atoms with Crippen LogP contribution in [0.15, 0.2) is 12.1 Å². The lowest BCUT2D eigenvalue weighted by molar-refractivity contribution is -0.185. The van der Waals surface area contributed by atoms with Gasteiger partial charge in [-0.3, -0.25) is 4.79 Å². The van der Waals surface area contributed by atoms with Gasteiger partial charge in [-0.25, -0.2) is 0 Å². The van der Waals surface area contributed by atoms with Crippen LogP contribution < -0.4 is 9.47 Å². The molecule has 122 valence electrons. The number of likely N-dealkylation sites (N-methyl/N-ethyl adjacent to an activating group) is 1. The number of piperidine rings is 1. The zero-order valence-electron chi connectivity index (χ0n) is 13.5. The first-order valence-corrected chi connectivity index (χ1v) is 8.35. The minimum atomic E-state index is -0.900. The molecule has 23 heavy (non-hydrogen) atoms. The summed E-state index contributed by atoms with van der Waals surface area (Å²) in [6, 6.07) is 4.05. The Kier molecular flexibility index (Phi) is 2.45. The highest BCUT2D eigenvalue weighted by Gasteiger charge is 2.72. The van der Waals surface area contributed by atoms with E-state index in [1.807, 2.05) is 6.07 Å². The number of methoxy groups -OCH3 is 1. The largest absolute Gasteiger partial charge is 0.493 e. The fraction of sp³-hybridized carbons (Fsp3) is 0.611. The van der Waals surface area contributed by atoms with E-state index in [-0.39, 0.29) is 11.8 Å². The van der Waals surface area contributed by atoms with E-state index in [4.69, 9.17) is 9.47 Å². The number of nitrogens with zero attached hydrogens (tertiary/aromatic N) is 1. The van der Waals surface area contributed by atoms with Crippen molar-refractivity contribution in [3.8, 4) is 11.5 Å². The van der Waals surface area contributed by atoms with Crippen molar-refractivity contribution in [3.63, 3.8) is 0 Å². The summed E-state index contributed by atoms with van der Waals surface area (Å²) in [5.74, 6) is 1.47. The van der Waals surface area contributed by atoms with Gasteiger partial charge in [0.2, 0.25) is 0 Å². The van der Waals surface area contributed by atoms with Gasteiger partial charge in [0.15, 0.2) is 23.4 Å². The second-order valence-corrected chi connectivity index (χ2v) is 7.44. The summed E-state index contributed by atoms with van der Waals surface area (Å²) in [5.41, 5.74) is 0.737. The van der Waals surface area contributed by atoms with Crippen molar-refractivity contribution in [1.82, 2.24) is 4.90 Å². The highest BCUT2D eigenvalue weighted by molar-refractivity contribution is 5.90. The summed E-state index contributed by atoms with van der Waals surface area (Å²) in [6.45, 7) is 0.871. The number of hydrogen-bond donors (Lipinski definition) is 1. The molecule has 0 amide bonds. The first kappa shape index (κ1) is 13.8. The molecule has 1 saturated carbocycles. The molecule has 1 aromatic rings. The Morgan fingerprint density at radius 1 is 1.39 bits per heavy atom. The summed E-state index contributed by atoms with van der Waals surface area (Å²) in [5, 5.41) is 11.7. The van der Waals surface area contributed by atoms with Crippen LogP contribution in [0.1, 0.15) is 30.4 Å². The Bertz CT molecular complexity index is 732. The van der Waals surface area contributed by atoms with E-state index in [0.717, 1.165) is 24.9 Å². The lowest BCUT2D eigenvalue weighted by atomic mass is 9.49. The second kappa shape index (κ2) is 4.08. The van der Waals surface area contributed by atoms with Crippen molar-refractivity contribution in [2.24, 2.45) is 0 Å². The Balaban J connectivity index is 1.86. The molecule has 2 aliphatic carbocycles. The van der Waals surface area contributed by atoms with Crippen LogP contribution in [0.4, 0.5) is 0 Å². The highest BCUT2D eigenvalue weighted by atomic mass is 16.5. The summed E-state index contributed by atoms with van der Waals surface area (Å²) in [4.78, 5) is 14.9. The molecule has 2 fully saturated rings. The van der Waals surface area contributed by atoms with Crippen molar-refractivity contribution in [2.45, 2.75) is 48.8 Å².